The Balaban J connectivity index is 4.19. The largest absolute Gasteiger partial charge is 0.295 e. The molecule has 0 atom stereocenters. The van der Waals surface area contributed by atoms with Gasteiger partial charge in [0.25, 0.3) is 0 Å². The zero-order chi connectivity index (χ0) is 8.85. The predicted molar refractivity (Wildman–Crippen MR) is 48.4 cm³/mol. The van der Waals surface area contributed by atoms with E-state index < -0.39 is 0 Å². The molecule has 11 heavy (non-hydrogen) atoms. The first kappa shape index (κ1) is 10.2. The van der Waals surface area contributed by atoms with Gasteiger partial charge in [-0.25, -0.2) is 0 Å². The van der Waals surface area contributed by atoms with E-state index in [-0.39, 0.29) is 11.7 Å². The fourth-order valence-corrected chi connectivity index (χ4v) is 0.702. The third-order valence-electron chi connectivity index (χ3n) is 1.37. The summed E-state index contributed by atoms with van der Waals surface area (Å²) in [5.74, 6) is 0.302. The molecule has 0 radical (unpaired) electrons. The van der Waals surface area contributed by atoms with Crippen LogP contribution >= 0.6 is 0 Å². The minimum Gasteiger partial charge on any atom is -0.295 e. The van der Waals surface area contributed by atoms with Crippen LogP contribution in [-0.4, -0.2) is 5.78 Å². The minimum atomic E-state index is 0.107. The normalized spacial score (nSPS) is 13.0. The molecule has 0 N–H and O–H groups in total. The lowest BCUT2D eigenvalue weighted by Crippen LogP contribution is -2.02. The summed E-state index contributed by atoms with van der Waals surface area (Å²) in [4.78, 5) is 11.1. The van der Waals surface area contributed by atoms with Crippen molar-refractivity contribution in [2.24, 2.45) is 5.92 Å². The van der Waals surface area contributed by atoms with E-state index in [1.54, 1.807) is 6.08 Å². The number of carbonyl (C=O) groups excluding carboxylic acids is 1. The Morgan fingerprint density at radius 1 is 1.36 bits per heavy atom. The summed E-state index contributed by atoms with van der Waals surface area (Å²) in [5.41, 5.74) is 1.02. The first-order valence-corrected chi connectivity index (χ1v) is 3.92. The molecule has 0 amide bonds. The fourth-order valence-electron chi connectivity index (χ4n) is 0.702. The highest BCUT2D eigenvalue weighted by molar-refractivity contribution is 5.92. The molecule has 0 saturated carbocycles. The van der Waals surface area contributed by atoms with E-state index in [1.165, 1.54) is 0 Å². The zero-order valence-corrected chi connectivity index (χ0v) is 7.72. The average Bonchev–Trinajstić information content (AvgIpc) is 1.87. The van der Waals surface area contributed by atoms with E-state index in [1.807, 2.05) is 39.8 Å². The standard InChI is InChI=1S/C10H16O/c1-5-6-9(4)7-10(11)8(2)3/h5-8H,1-4H3/b6-5-,9-7-. The fraction of sp³-hybridized carbons (Fsp3) is 0.500. The Labute approximate surface area is 68.8 Å². The van der Waals surface area contributed by atoms with Crippen molar-refractivity contribution in [2.75, 3.05) is 0 Å². The molecule has 0 saturated heterocycles. The summed E-state index contributed by atoms with van der Waals surface area (Å²) >= 11 is 0. The highest BCUT2D eigenvalue weighted by Gasteiger charge is 2.01. The van der Waals surface area contributed by atoms with Gasteiger partial charge in [0.05, 0.1) is 0 Å². The number of ketones is 1. The first-order valence-electron chi connectivity index (χ1n) is 3.92. The van der Waals surface area contributed by atoms with Crippen molar-refractivity contribution >= 4 is 5.78 Å². The van der Waals surface area contributed by atoms with Crippen LogP contribution in [0.15, 0.2) is 23.8 Å². The van der Waals surface area contributed by atoms with Crippen molar-refractivity contribution in [3.63, 3.8) is 0 Å². The van der Waals surface area contributed by atoms with Gasteiger partial charge in [0.2, 0.25) is 0 Å². The second-order valence-electron chi connectivity index (χ2n) is 2.95. The number of carbonyl (C=O) groups is 1. The average molecular weight is 152 g/mol. The molecule has 62 valence electrons. The van der Waals surface area contributed by atoms with Crippen LogP contribution in [0.3, 0.4) is 0 Å². The zero-order valence-electron chi connectivity index (χ0n) is 7.72. The Bertz CT molecular complexity index is 185. The molecule has 0 aromatic heterocycles. The summed E-state index contributed by atoms with van der Waals surface area (Å²) in [6.45, 7) is 7.68. The number of allylic oxidation sites excluding steroid dienone is 4. The molecule has 0 aromatic carbocycles. The molecule has 0 aliphatic rings. The van der Waals surface area contributed by atoms with Gasteiger partial charge in [-0.3, -0.25) is 4.79 Å². The smallest absolute Gasteiger partial charge is 0.158 e. The van der Waals surface area contributed by atoms with E-state index in [0.717, 1.165) is 5.57 Å². The number of hydrogen-bond acceptors (Lipinski definition) is 1. The van der Waals surface area contributed by atoms with Crippen molar-refractivity contribution in [1.29, 1.82) is 0 Å². The minimum absolute atomic E-state index is 0.107. The van der Waals surface area contributed by atoms with Crippen LogP contribution in [0.4, 0.5) is 0 Å². The molecule has 0 aliphatic heterocycles. The second kappa shape index (κ2) is 4.89. The van der Waals surface area contributed by atoms with Crippen molar-refractivity contribution in [3.05, 3.63) is 23.8 Å². The SMILES string of the molecule is C/C=C\C(C)=C/C(=O)C(C)C. The third-order valence-corrected chi connectivity index (χ3v) is 1.37. The monoisotopic (exact) mass is 152 g/mol. The van der Waals surface area contributed by atoms with E-state index in [4.69, 9.17) is 0 Å². The van der Waals surface area contributed by atoms with Crippen LogP contribution in [0.2, 0.25) is 0 Å². The van der Waals surface area contributed by atoms with Gasteiger partial charge in [-0.2, -0.15) is 0 Å². The molecule has 0 aromatic rings. The van der Waals surface area contributed by atoms with Crippen LogP contribution in [0, 0.1) is 5.92 Å². The molecule has 0 heterocycles. The van der Waals surface area contributed by atoms with Gasteiger partial charge in [0.15, 0.2) is 5.78 Å². The van der Waals surface area contributed by atoms with E-state index in [0.29, 0.717) is 0 Å². The quantitative estimate of drug-likeness (QED) is 0.449. The third kappa shape index (κ3) is 4.54. The maximum atomic E-state index is 11.1. The van der Waals surface area contributed by atoms with Gasteiger partial charge in [-0.1, -0.05) is 26.0 Å². The van der Waals surface area contributed by atoms with Crippen LogP contribution in [-0.2, 0) is 4.79 Å². The van der Waals surface area contributed by atoms with Crippen LogP contribution in [0.25, 0.3) is 0 Å². The Kier molecular flexibility index (Phi) is 4.51. The summed E-state index contributed by atoms with van der Waals surface area (Å²) < 4.78 is 0. The summed E-state index contributed by atoms with van der Waals surface area (Å²) in [5, 5.41) is 0. The Morgan fingerprint density at radius 3 is 2.27 bits per heavy atom. The molecule has 0 rings (SSSR count). The molecular weight excluding hydrogens is 136 g/mol. The summed E-state index contributed by atoms with van der Waals surface area (Å²) in [6, 6.07) is 0. The summed E-state index contributed by atoms with van der Waals surface area (Å²) in [6.07, 6.45) is 5.55. The molecule has 0 spiro atoms. The van der Waals surface area contributed by atoms with Crippen LogP contribution < -0.4 is 0 Å². The number of hydrogen-bond donors (Lipinski definition) is 0. The van der Waals surface area contributed by atoms with Gasteiger partial charge in [0.1, 0.15) is 0 Å². The Morgan fingerprint density at radius 2 is 1.91 bits per heavy atom. The molecular formula is C10H16O. The molecule has 1 nitrogen and oxygen atoms in total. The second-order valence-corrected chi connectivity index (χ2v) is 2.95. The van der Waals surface area contributed by atoms with Crippen molar-refractivity contribution < 1.29 is 4.79 Å². The Hall–Kier alpha value is -0.850. The molecule has 0 aliphatic carbocycles. The van der Waals surface area contributed by atoms with E-state index >= 15 is 0 Å². The lowest BCUT2D eigenvalue weighted by molar-refractivity contribution is -0.117. The van der Waals surface area contributed by atoms with E-state index in [9.17, 15) is 4.79 Å². The highest BCUT2D eigenvalue weighted by atomic mass is 16.1. The molecule has 0 unspecified atom stereocenters. The van der Waals surface area contributed by atoms with Crippen molar-refractivity contribution in [3.8, 4) is 0 Å². The lowest BCUT2D eigenvalue weighted by atomic mass is 10.1. The van der Waals surface area contributed by atoms with Gasteiger partial charge >= 0.3 is 0 Å². The molecule has 0 fully saturated rings. The van der Waals surface area contributed by atoms with Gasteiger partial charge in [0, 0.05) is 5.92 Å². The van der Waals surface area contributed by atoms with Gasteiger partial charge in [-0.05, 0) is 25.5 Å². The van der Waals surface area contributed by atoms with Crippen molar-refractivity contribution in [1.82, 2.24) is 0 Å². The summed E-state index contributed by atoms with van der Waals surface area (Å²) in [7, 11) is 0. The van der Waals surface area contributed by atoms with Gasteiger partial charge in [-0.15, -0.1) is 0 Å². The van der Waals surface area contributed by atoms with E-state index in [2.05, 4.69) is 0 Å². The number of rotatable bonds is 3. The van der Waals surface area contributed by atoms with Crippen LogP contribution in [0.1, 0.15) is 27.7 Å². The topological polar surface area (TPSA) is 17.1 Å². The van der Waals surface area contributed by atoms with Crippen LogP contribution in [0.5, 0.6) is 0 Å². The molecule has 1 heteroatoms. The molecule has 0 bridgehead atoms. The maximum Gasteiger partial charge on any atom is 0.158 e. The van der Waals surface area contributed by atoms with Gasteiger partial charge < -0.3 is 0 Å². The van der Waals surface area contributed by atoms with Crippen molar-refractivity contribution in [2.45, 2.75) is 27.7 Å². The highest BCUT2D eigenvalue weighted by Crippen LogP contribution is 2.01. The maximum absolute atomic E-state index is 11.1. The lowest BCUT2D eigenvalue weighted by Gasteiger charge is -1.97. The predicted octanol–water partition coefficient (Wildman–Crippen LogP) is 2.73. The first-order chi connectivity index (χ1) is 5.07.